The summed E-state index contributed by atoms with van der Waals surface area (Å²) in [6.07, 6.45) is -3.66. The standard InChI is InChI=1S/C9H10F3N3O3/c10-9(11,12)5-15(4-8(17)18)7(16)3-6-1-2-13-14-6/h1-2H,3-5H2,(H,13,14)(H,17,18). The van der Waals surface area contributed by atoms with Crippen LogP contribution < -0.4 is 0 Å². The fourth-order valence-electron chi connectivity index (χ4n) is 1.27. The van der Waals surface area contributed by atoms with Crippen molar-refractivity contribution >= 4 is 11.9 Å². The molecule has 0 aliphatic carbocycles. The molecular formula is C9H10F3N3O3. The molecule has 1 aromatic heterocycles. The Morgan fingerprint density at radius 3 is 2.56 bits per heavy atom. The molecule has 0 saturated heterocycles. The van der Waals surface area contributed by atoms with Crippen LogP contribution in [0.2, 0.25) is 0 Å². The number of hydrogen-bond donors (Lipinski definition) is 2. The number of aromatic amines is 1. The van der Waals surface area contributed by atoms with Crippen molar-refractivity contribution < 1.29 is 27.9 Å². The Balaban J connectivity index is 2.69. The molecule has 0 aromatic carbocycles. The summed E-state index contributed by atoms with van der Waals surface area (Å²) < 4.78 is 36.6. The van der Waals surface area contributed by atoms with Gasteiger partial charge in [-0.1, -0.05) is 0 Å². The van der Waals surface area contributed by atoms with E-state index in [1.165, 1.54) is 12.3 Å². The average Bonchev–Trinajstić information content (AvgIpc) is 2.66. The van der Waals surface area contributed by atoms with E-state index in [9.17, 15) is 22.8 Å². The molecule has 0 radical (unpaired) electrons. The van der Waals surface area contributed by atoms with Crippen molar-refractivity contribution in [3.05, 3.63) is 18.0 Å². The number of halogens is 3. The largest absolute Gasteiger partial charge is 0.480 e. The molecule has 0 spiro atoms. The Labute approximate surface area is 99.4 Å². The molecule has 1 rings (SSSR count). The van der Waals surface area contributed by atoms with E-state index in [-0.39, 0.29) is 11.3 Å². The van der Waals surface area contributed by atoms with Gasteiger partial charge in [-0.25, -0.2) is 0 Å². The number of aromatic nitrogens is 2. The Kier molecular flexibility index (Phi) is 4.29. The number of amides is 1. The lowest BCUT2D eigenvalue weighted by Gasteiger charge is -2.21. The maximum atomic E-state index is 12.2. The Morgan fingerprint density at radius 1 is 1.44 bits per heavy atom. The van der Waals surface area contributed by atoms with Crippen LogP contribution in [-0.2, 0) is 16.0 Å². The molecule has 0 aliphatic heterocycles. The van der Waals surface area contributed by atoms with Crippen LogP contribution in [0, 0.1) is 0 Å². The normalized spacial score (nSPS) is 11.3. The van der Waals surface area contributed by atoms with Crippen molar-refractivity contribution in [3.8, 4) is 0 Å². The van der Waals surface area contributed by atoms with Crippen LogP contribution in [0.3, 0.4) is 0 Å². The van der Waals surface area contributed by atoms with E-state index in [4.69, 9.17) is 5.11 Å². The number of alkyl halides is 3. The molecule has 0 bridgehead atoms. The van der Waals surface area contributed by atoms with E-state index < -0.39 is 31.1 Å². The number of hydrogen-bond acceptors (Lipinski definition) is 3. The molecule has 18 heavy (non-hydrogen) atoms. The minimum Gasteiger partial charge on any atom is -0.480 e. The van der Waals surface area contributed by atoms with E-state index in [1.54, 1.807) is 0 Å². The second kappa shape index (κ2) is 5.52. The number of carboxylic acid groups (broad SMARTS) is 1. The number of aliphatic carboxylic acids is 1. The van der Waals surface area contributed by atoms with Gasteiger partial charge < -0.3 is 10.0 Å². The smallest absolute Gasteiger partial charge is 0.406 e. The highest BCUT2D eigenvalue weighted by Gasteiger charge is 2.33. The van der Waals surface area contributed by atoms with Gasteiger partial charge in [-0.15, -0.1) is 0 Å². The molecule has 1 heterocycles. The highest BCUT2D eigenvalue weighted by Crippen LogP contribution is 2.17. The van der Waals surface area contributed by atoms with Gasteiger partial charge >= 0.3 is 12.1 Å². The van der Waals surface area contributed by atoms with Crippen molar-refractivity contribution in [1.82, 2.24) is 15.1 Å². The zero-order valence-corrected chi connectivity index (χ0v) is 9.07. The molecule has 6 nitrogen and oxygen atoms in total. The number of rotatable bonds is 5. The van der Waals surface area contributed by atoms with Gasteiger partial charge in [0.05, 0.1) is 6.42 Å². The fraction of sp³-hybridized carbons (Fsp3) is 0.444. The number of H-pyrrole nitrogens is 1. The van der Waals surface area contributed by atoms with Gasteiger partial charge in [0.1, 0.15) is 13.1 Å². The Morgan fingerprint density at radius 2 is 2.11 bits per heavy atom. The highest BCUT2D eigenvalue weighted by molar-refractivity contribution is 5.82. The number of nitrogens with zero attached hydrogens (tertiary/aromatic N) is 2. The summed E-state index contributed by atoms with van der Waals surface area (Å²) in [6, 6.07) is 1.42. The third-order valence-corrected chi connectivity index (χ3v) is 1.95. The number of carbonyl (C=O) groups excluding carboxylic acids is 1. The lowest BCUT2D eigenvalue weighted by molar-refractivity contribution is -0.165. The lowest BCUT2D eigenvalue weighted by Crippen LogP contribution is -2.42. The second-order valence-electron chi connectivity index (χ2n) is 3.52. The van der Waals surface area contributed by atoms with E-state index in [1.807, 2.05) is 0 Å². The third kappa shape index (κ3) is 4.85. The molecule has 1 aromatic rings. The summed E-state index contributed by atoms with van der Waals surface area (Å²) in [5.74, 6) is -2.43. The van der Waals surface area contributed by atoms with Gasteiger partial charge in [0.15, 0.2) is 0 Å². The molecule has 0 saturated carbocycles. The maximum Gasteiger partial charge on any atom is 0.406 e. The van der Waals surface area contributed by atoms with Gasteiger partial charge in [0.25, 0.3) is 0 Å². The summed E-state index contributed by atoms with van der Waals surface area (Å²) in [5.41, 5.74) is 0.317. The van der Waals surface area contributed by atoms with Crippen molar-refractivity contribution in [1.29, 1.82) is 0 Å². The van der Waals surface area contributed by atoms with Crippen LogP contribution in [0.15, 0.2) is 12.3 Å². The maximum absolute atomic E-state index is 12.2. The molecule has 0 fully saturated rings. The molecule has 0 unspecified atom stereocenters. The Bertz CT molecular complexity index is 416. The predicted molar refractivity (Wildman–Crippen MR) is 52.6 cm³/mol. The fourth-order valence-corrected chi connectivity index (χ4v) is 1.27. The van der Waals surface area contributed by atoms with Crippen molar-refractivity contribution in [2.45, 2.75) is 12.6 Å². The van der Waals surface area contributed by atoms with Crippen LogP contribution >= 0.6 is 0 Å². The number of carboxylic acids is 1. The third-order valence-electron chi connectivity index (χ3n) is 1.95. The molecule has 100 valence electrons. The van der Waals surface area contributed by atoms with Crippen molar-refractivity contribution in [2.75, 3.05) is 13.1 Å². The van der Waals surface area contributed by atoms with E-state index in [2.05, 4.69) is 10.2 Å². The Hall–Kier alpha value is -2.06. The van der Waals surface area contributed by atoms with E-state index >= 15 is 0 Å². The second-order valence-corrected chi connectivity index (χ2v) is 3.52. The molecule has 0 atom stereocenters. The van der Waals surface area contributed by atoms with E-state index in [0.717, 1.165) is 0 Å². The summed E-state index contributed by atoms with van der Waals surface area (Å²) in [6.45, 7) is -2.58. The first-order chi connectivity index (χ1) is 8.28. The van der Waals surface area contributed by atoms with Crippen LogP contribution in [0.25, 0.3) is 0 Å². The first-order valence-corrected chi connectivity index (χ1v) is 4.82. The topological polar surface area (TPSA) is 86.3 Å². The van der Waals surface area contributed by atoms with Crippen LogP contribution in [0.5, 0.6) is 0 Å². The predicted octanol–water partition coefficient (Wildman–Crippen LogP) is 0.428. The zero-order chi connectivity index (χ0) is 13.8. The van der Waals surface area contributed by atoms with E-state index in [0.29, 0.717) is 5.69 Å². The summed E-state index contributed by atoms with van der Waals surface area (Å²) in [4.78, 5) is 22.2. The van der Waals surface area contributed by atoms with Gasteiger partial charge in [0, 0.05) is 11.9 Å². The first kappa shape index (κ1) is 14.0. The SMILES string of the molecule is O=C(O)CN(CC(F)(F)F)C(=O)Cc1ccn[nH]1. The molecule has 1 amide bonds. The van der Waals surface area contributed by atoms with Gasteiger partial charge in [-0.2, -0.15) is 18.3 Å². The summed E-state index contributed by atoms with van der Waals surface area (Å²) in [5, 5.41) is 14.4. The summed E-state index contributed by atoms with van der Waals surface area (Å²) >= 11 is 0. The average molecular weight is 265 g/mol. The molecule has 0 aliphatic rings. The number of carbonyl (C=O) groups is 2. The molecule has 2 N–H and O–H groups in total. The number of nitrogens with one attached hydrogen (secondary N) is 1. The van der Waals surface area contributed by atoms with Gasteiger partial charge in [-0.3, -0.25) is 14.7 Å². The molecule has 9 heteroatoms. The molecular weight excluding hydrogens is 255 g/mol. The minimum absolute atomic E-state index is 0.239. The van der Waals surface area contributed by atoms with Crippen LogP contribution in [0.4, 0.5) is 13.2 Å². The highest BCUT2D eigenvalue weighted by atomic mass is 19.4. The van der Waals surface area contributed by atoms with Crippen molar-refractivity contribution in [3.63, 3.8) is 0 Å². The summed E-state index contributed by atoms with van der Waals surface area (Å²) in [7, 11) is 0. The van der Waals surface area contributed by atoms with Gasteiger partial charge in [0.2, 0.25) is 5.91 Å². The van der Waals surface area contributed by atoms with Gasteiger partial charge in [-0.05, 0) is 6.07 Å². The monoisotopic (exact) mass is 265 g/mol. The first-order valence-electron chi connectivity index (χ1n) is 4.82. The van der Waals surface area contributed by atoms with Crippen LogP contribution in [0.1, 0.15) is 5.69 Å². The minimum atomic E-state index is -4.64. The van der Waals surface area contributed by atoms with Crippen molar-refractivity contribution in [2.24, 2.45) is 0 Å². The quantitative estimate of drug-likeness (QED) is 0.808. The zero-order valence-electron chi connectivity index (χ0n) is 9.07. The lowest BCUT2D eigenvalue weighted by atomic mass is 10.2. The van der Waals surface area contributed by atoms with Crippen LogP contribution in [-0.4, -0.2) is 51.3 Å².